The SMILES string of the molecule is COc1cccc2nc(N3CCN(C)CC3)oc12. The fraction of sp³-hybridized carbons (Fsp3) is 0.462. The molecule has 0 radical (unpaired) electrons. The summed E-state index contributed by atoms with van der Waals surface area (Å²) in [7, 11) is 3.78. The number of piperazine rings is 1. The fourth-order valence-corrected chi connectivity index (χ4v) is 2.21. The minimum absolute atomic E-state index is 0.697. The van der Waals surface area contributed by atoms with Crippen molar-refractivity contribution in [2.75, 3.05) is 45.2 Å². The number of fused-ring (bicyclic) bond motifs is 1. The van der Waals surface area contributed by atoms with E-state index in [0.29, 0.717) is 6.01 Å². The molecule has 1 saturated heterocycles. The van der Waals surface area contributed by atoms with Crippen LogP contribution in [0.2, 0.25) is 0 Å². The van der Waals surface area contributed by atoms with Gasteiger partial charge in [-0.2, -0.15) is 4.98 Å². The summed E-state index contributed by atoms with van der Waals surface area (Å²) in [6, 6.07) is 6.46. The van der Waals surface area contributed by atoms with E-state index in [1.165, 1.54) is 0 Å². The molecule has 2 heterocycles. The zero-order valence-electron chi connectivity index (χ0n) is 10.7. The van der Waals surface area contributed by atoms with E-state index in [1.807, 2.05) is 18.2 Å². The van der Waals surface area contributed by atoms with Crippen LogP contribution in [0, 0.1) is 0 Å². The third-order valence-electron chi connectivity index (χ3n) is 3.36. The summed E-state index contributed by atoms with van der Waals surface area (Å²) in [5.74, 6) is 0.736. The van der Waals surface area contributed by atoms with Crippen LogP contribution in [0.4, 0.5) is 6.01 Å². The van der Waals surface area contributed by atoms with Gasteiger partial charge in [-0.3, -0.25) is 0 Å². The van der Waals surface area contributed by atoms with Crippen LogP contribution >= 0.6 is 0 Å². The number of benzene rings is 1. The highest BCUT2D eigenvalue weighted by Crippen LogP contribution is 2.29. The van der Waals surface area contributed by atoms with Crippen LogP contribution in [-0.2, 0) is 0 Å². The monoisotopic (exact) mass is 247 g/mol. The molecule has 5 heteroatoms. The number of hydrogen-bond acceptors (Lipinski definition) is 5. The Morgan fingerprint density at radius 2 is 2.00 bits per heavy atom. The molecule has 0 N–H and O–H groups in total. The number of rotatable bonds is 2. The normalized spacial score (nSPS) is 17.3. The zero-order valence-corrected chi connectivity index (χ0v) is 10.7. The Kier molecular flexibility index (Phi) is 2.83. The van der Waals surface area contributed by atoms with E-state index < -0.39 is 0 Å². The molecule has 0 amide bonds. The molecule has 0 atom stereocenters. The molecule has 1 aromatic carbocycles. The molecule has 3 rings (SSSR count). The molecule has 2 aromatic rings. The van der Waals surface area contributed by atoms with Gasteiger partial charge in [-0.25, -0.2) is 0 Å². The van der Waals surface area contributed by atoms with E-state index in [1.54, 1.807) is 7.11 Å². The number of ether oxygens (including phenoxy) is 1. The summed E-state index contributed by atoms with van der Waals surface area (Å²) < 4.78 is 11.1. The number of para-hydroxylation sites is 1. The fourth-order valence-electron chi connectivity index (χ4n) is 2.21. The highest BCUT2D eigenvalue weighted by Gasteiger charge is 2.20. The maximum Gasteiger partial charge on any atom is 0.298 e. The Balaban J connectivity index is 1.93. The summed E-state index contributed by atoms with van der Waals surface area (Å²) in [5.41, 5.74) is 1.58. The van der Waals surface area contributed by atoms with Crippen molar-refractivity contribution in [2.24, 2.45) is 0 Å². The lowest BCUT2D eigenvalue weighted by atomic mass is 10.3. The van der Waals surface area contributed by atoms with E-state index in [-0.39, 0.29) is 0 Å². The topological polar surface area (TPSA) is 41.7 Å². The highest BCUT2D eigenvalue weighted by atomic mass is 16.5. The Bertz CT molecular complexity index is 544. The zero-order chi connectivity index (χ0) is 12.5. The molecule has 1 aliphatic rings. The van der Waals surface area contributed by atoms with Gasteiger partial charge in [0, 0.05) is 26.2 Å². The first-order chi connectivity index (χ1) is 8.78. The number of hydrogen-bond donors (Lipinski definition) is 0. The predicted octanol–water partition coefficient (Wildman–Crippen LogP) is 1.59. The molecule has 0 spiro atoms. The summed E-state index contributed by atoms with van der Waals surface area (Å²) in [6.07, 6.45) is 0. The first-order valence-electron chi connectivity index (χ1n) is 6.15. The van der Waals surface area contributed by atoms with E-state index in [0.717, 1.165) is 43.0 Å². The number of methoxy groups -OCH3 is 1. The smallest absolute Gasteiger partial charge is 0.298 e. The van der Waals surface area contributed by atoms with Gasteiger partial charge in [0.05, 0.1) is 7.11 Å². The molecule has 0 aliphatic carbocycles. The second-order valence-electron chi connectivity index (χ2n) is 4.60. The van der Waals surface area contributed by atoms with Crippen LogP contribution in [0.3, 0.4) is 0 Å². The molecule has 0 saturated carbocycles. The van der Waals surface area contributed by atoms with Crippen LogP contribution in [0.5, 0.6) is 5.75 Å². The molecule has 0 unspecified atom stereocenters. The lowest BCUT2D eigenvalue weighted by Crippen LogP contribution is -2.44. The van der Waals surface area contributed by atoms with Crippen LogP contribution in [0.1, 0.15) is 0 Å². The maximum absolute atomic E-state index is 5.84. The minimum atomic E-state index is 0.697. The molecular formula is C13H17N3O2. The van der Waals surface area contributed by atoms with Crippen molar-refractivity contribution in [1.29, 1.82) is 0 Å². The number of nitrogens with zero attached hydrogens (tertiary/aromatic N) is 3. The van der Waals surface area contributed by atoms with Gasteiger partial charge in [0.2, 0.25) is 0 Å². The first kappa shape index (κ1) is 11.3. The highest BCUT2D eigenvalue weighted by molar-refractivity contribution is 5.80. The van der Waals surface area contributed by atoms with Crippen LogP contribution in [-0.4, -0.2) is 50.2 Å². The Hall–Kier alpha value is -1.75. The molecular weight excluding hydrogens is 230 g/mol. The lowest BCUT2D eigenvalue weighted by Gasteiger charge is -2.31. The largest absolute Gasteiger partial charge is 0.493 e. The van der Waals surface area contributed by atoms with Gasteiger partial charge < -0.3 is 19.0 Å². The summed E-state index contributed by atoms with van der Waals surface area (Å²) in [6.45, 7) is 3.98. The molecule has 1 aliphatic heterocycles. The van der Waals surface area contributed by atoms with E-state index >= 15 is 0 Å². The van der Waals surface area contributed by atoms with E-state index in [9.17, 15) is 0 Å². The number of anilines is 1. The Morgan fingerprint density at radius 3 is 2.72 bits per heavy atom. The van der Waals surface area contributed by atoms with Gasteiger partial charge in [-0.15, -0.1) is 0 Å². The molecule has 1 aromatic heterocycles. The van der Waals surface area contributed by atoms with Crippen LogP contribution < -0.4 is 9.64 Å². The molecule has 96 valence electrons. The van der Waals surface area contributed by atoms with Crippen molar-refractivity contribution < 1.29 is 9.15 Å². The van der Waals surface area contributed by atoms with Crippen LogP contribution in [0.15, 0.2) is 22.6 Å². The quantitative estimate of drug-likeness (QED) is 0.806. The standard InChI is InChI=1S/C13H17N3O2/c1-15-6-8-16(9-7-15)13-14-10-4-3-5-11(17-2)12(10)18-13/h3-5H,6-9H2,1-2H3. The van der Waals surface area contributed by atoms with Crippen molar-refractivity contribution in [1.82, 2.24) is 9.88 Å². The van der Waals surface area contributed by atoms with Gasteiger partial charge in [-0.05, 0) is 19.2 Å². The van der Waals surface area contributed by atoms with Crippen molar-refractivity contribution in [3.8, 4) is 5.75 Å². The second-order valence-corrected chi connectivity index (χ2v) is 4.60. The number of aromatic nitrogens is 1. The van der Waals surface area contributed by atoms with Gasteiger partial charge in [0.15, 0.2) is 11.3 Å². The van der Waals surface area contributed by atoms with Crippen molar-refractivity contribution >= 4 is 17.1 Å². The minimum Gasteiger partial charge on any atom is -0.493 e. The van der Waals surface area contributed by atoms with Gasteiger partial charge in [0.1, 0.15) is 5.52 Å². The van der Waals surface area contributed by atoms with Gasteiger partial charge in [0.25, 0.3) is 6.01 Å². The molecule has 18 heavy (non-hydrogen) atoms. The second kappa shape index (κ2) is 4.49. The van der Waals surface area contributed by atoms with Crippen molar-refractivity contribution in [3.05, 3.63) is 18.2 Å². The summed E-state index contributed by atoms with van der Waals surface area (Å²) >= 11 is 0. The predicted molar refractivity (Wildman–Crippen MR) is 70.3 cm³/mol. The first-order valence-corrected chi connectivity index (χ1v) is 6.15. The third-order valence-corrected chi connectivity index (χ3v) is 3.36. The average Bonchev–Trinajstić information content (AvgIpc) is 2.83. The van der Waals surface area contributed by atoms with Crippen molar-refractivity contribution in [3.63, 3.8) is 0 Å². The molecule has 0 bridgehead atoms. The van der Waals surface area contributed by atoms with E-state index in [4.69, 9.17) is 9.15 Å². The third kappa shape index (κ3) is 1.90. The summed E-state index contributed by atoms with van der Waals surface area (Å²) in [5, 5.41) is 0. The number of likely N-dealkylation sites (N-methyl/N-ethyl adjacent to an activating group) is 1. The Morgan fingerprint density at radius 1 is 1.22 bits per heavy atom. The van der Waals surface area contributed by atoms with Crippen molar-refractivity contribution in [2.45, 2.75) is 0 Å². The maximum atomic E-state index is 5.84. The van der Waals surface area contributed by atoms with Gasteiger partial charge >= 0.3 is 0 Å². The van der Waals surface area contributed by atoms with Crippen LogP contribution in [0.25, 0.3) is 11.1 Å². The molecule has 5 nitrogen and oxygen atoms in total. The van der Waals surface area contributed by atoms with E-state index in [2.05, 4.69) is 21.8 Å². The lowest BCUT2D eigenvalue weighted by molar-refractivity contribution is 0.305. The molecule has 1 fully saturated rings. The average molecular weight is 247 g/mol. The number of oxazole rings is 1. The van der Waals surface area contributed by atoms with Gasteiger partial charge in [-0.1, -0.05) is 6.07 Å². The summed E-state index contributed by atoms with van der Waals surface area (Å²) in [4.78, 5) is 9.02. The Labute approximate surface area is 106 Å².